The summed E-state index contributed by atoms with van der Waals surface area (Å²) in [6.45, 7) is 7.96. The summed E-state index contributed by atoms with van der Waals surface area (Å²) >= 11 is 0. The quantitative estimate of drug-likeness (QED) is 0.696. The van der Waals surface area contributed by atoms with Crippen LogP contribution in [0.4, 0.5) is 0 Å². The standard InChI is InChI=1S/C17H20N6/c1-5-15-6-8-16(9-7-15)11-18-23-14(4)19-20-17(23)22-13(3)10-12(2)21-22/h6-11H,5H2,1-4H3/b18-11+. The lowest BCUT2D eigenvalue weighted by molar-refractivity contribution is 0.708. The van der Waals surface area contributed by atoms with Gasteiger partial charge in [0.1, 0.15) is 0 Å². The van der Waals surface area contributed by atoms with Gasteiger partial charge in [-0.2, -0.15) is 14.9 Å². The Labute approximate surface area is 135 Å². The van der Waals surface area contributed by atoms with Crippen LogP contribution in [0, 0.1) is 20.8 Å². The van der Waals surface area contributed by atoms with Gasteiger partial charge in [0.15, 0.2) is 5.82 Å². The first kappa shape index (κ1) is 15.1. The lowest BCUT2D eigenvalue weighted by Gasteiger charge is -2.04. The van der Waals surface area contributed by atoms with Gasteiger partial charge >= 0.3 is 0 Å². The van der Waals surface area contributed by atoms with Gasteiger partial charge in [0, 0.05) is 5.69 Å². The Morgan fingerprint density at radius 2 is 1.83 bits per heavy atom. The zero-order chi connectivity index (χ0) is 16.4. The third-order valence-electron chi connectivity index (χ3n) is 3.69. The predicted molar refractivity (Wildman–Crippen MR) is 90.2 cm³/mol. The van der Waals surface area contributed by atoms with Gasteiger partial charge in [-0.05, 0) is 44.4 Å². The highest BCUT2D eigenvalue weighted by Gasteiger charge is 2.13. The maximum Gasteiger partial charge on any atom is 0.273 e. The lowest BCUT2D eigenvalue weighted by Crippen LogP contribution is -2.07. The molecular weight excluding hydrogens is 288 g/mol. The van der Waals surface area contributed by atoms with Crippen molar-refractivity contribution in [1.29, 1.82) is 0 Å². The largest absolute Gasteiger partial charge is 0.273 e. The van der Waals surface area contributed by atoms with Crippen molar-refractivity contribution in [2.75, 3.05) is 0 Å². The third-order valence-corrected chi connectivity index (χ3v) is 3.69. The smallest absolute Gasteiger partial charge is 0.202 e. The Morgan fingerprint density at radius 1 is 1.09 bits per heavy atom. The summed E-state index contributed by atoms with van der Waals surface area (Å²) in [5, 5.41) is 17.3. The van der Waals surface area contributed by atoms with Gasteiger partial charge in [0.2, 0.25) is 0 Å². The molecule has 6 nitrogen and oxygen atoms in total. The first-order chi connectivity index (χ1) is 11.1. The molecule has 0 N–H and O–H groups in total. The number of rotatable bonds is 4. The lowest BCUT2D eigenvalue weighted by atomic mass is 10.1. The van der Waals surface area contributed by atoms with Crippen molar-refractivity contribution >= 4 is 6.21 Å². The van der Waals surface area contributed by atoms with E-state index in [-0.39, 0.29) is 0 Å². The molecule has 6 heteroatoms. The summed E-state index contributed by atoms with van der Waals surface area (Å²) in [5.41, 5.74) is 4.29. The molecule has 1 aromatic carbocycles. The average molecular weight is 308 g/mol. The highest BCUT2D eigenvalue weighted by molar-refractivity contribution is 5.79. The fourth-order valence-electron chi connectivity index (χ4n) is 2.41. The van der Waals surface area contributed by atoms with Crippen LogP contribution < -0.4 is 0 Å². The monoisotopic (exact) mass is 308 g/mol. The maximum atomic E-state index is 4.52. The summed E-state index contributed by atoms with van der Waals surface area (Å²) in [6, 6.07) is 10.3. The van der Waals surface area contributed by atoms with Crippen LogP contribution in [0.2, 0.25) is 0 Å². The molecule has 0 bridgehead atoms. The number of aryl methyl sites for hydroxylation is 4. The van der Waals surface area contributed by atoms with E-state index in [1.807, 2.05) is 33.1 Å². The number of benzene rings is 1. The first-order valence-corrected chi connectivity index (χ1v) is 7.67. The van der Waals surface area contributed by atoms with E-state index in [9.17, 15) is 0 Å². The molecule has 3 aromatic rings. The highest BCUT2D eigenvalue weighted by atomic mass is 15.5. The van der Waals surface area contributed by atoms with Crippen LogP contribution in [-0.2, 0) is 6.42 Å². The number of nitrogens with zero attached hydrogens (tertiary/aromatic N) is 6. The van der Waals surface area contributed by atoms with Crippen molar-refractivity contribution < 1.29 is 0 Å². The minimum atomic E-state index is 0.592. The van der Waals surface area contributed by atoms with Crippen LogP contribution in [0.25, 0.3) is 5.95 Å². The van der Waals surface area contributed by atoms with Gasteiger partial charge in [0.05, 0.1) is 11.9 Å². The molecule has 0 fully saturated rings. The zero-order valence-corrected chi connectivity index (χ0v) is 13.9. The van der Waals surface area contributed by atoms with Crippen molar-refractivity contribution in [3.05, 3.63) is 58.7 Å². The second-order valence-electron chi connectivity index (χ2n) is 5.54. The van der Waals surface area contributed by atoms with Crippen molar-refractivity contribution in [2.45, 2.75) is 34.1 Å². The van der Waals surface area contributed by atoms with E-state index in [0.717, 1.165) is 23.4 Å². The Hall–Kier alpha value is -2.76. The van der Waals surface area contributed by atoms with Crippen LogP contribution in [-0.4, -0.2) is 30.9 Å². The molecule has 23 heavy (non-hydrogen) atoms. The zero-order valence-electron chi connectivity index (χ0n) is 13.9. The molecule has 2 heterocycles. The first-order valence-electron chi connectivity index (χ1n) is 7.67. The Bertz CT molecular complexity index is 839. The summed E-state index contributed by atoms with van der Waals surface area (Å²) in [4.78, 5) is 0. The molecule has 0 unspecified atom stereocenters. The van der Waals surface area contributed by atoms with E-state index in [0.29, 0.717) is 11.8 Å². The minimum absolute atomic E-state index is 0.592. The van der Waals surface area contributed by atoms with Gasteiger partial charge < -0.3 is 0 Å². The molecule has 0 aliphatic rings. The van der Waals surface area contributed by atoms with Gasteiger partial charge in [-0.1, -0.05) is 31.2 Å². The fourth-order valence-corrected chi connectivity index (χ4v) is 2.41. The second kappa shape index (κ2) is 6.16. The van der Waals surface area contributed by atoms with Gasteiger partial charge in [-0.3, -0.25) is 0 Å². The fraction of sp³-hybridized carbons (Fsp3) is 0.294. The number of hydrogen-bond acceptors (Lipinski definition) is 4. The van der Waals surface area contributed by atoms with E-state index in [1.165, 1.54) is 5.56 Å². The van der Waals surface area contributed by atoms with Crippen molar-refractivity contribution in [3.8, 4) is 5.95 Å². The SMILES string of the molecule is CCc1ccc(/C=N/n2c(C)nnc2-n2nc(C)cc2C)cc1. The maximum absolute atomic E-state index is 4.52. The molecule has 2 aromatic heterocycles. The van der Waals surface area contributed by atoms with Crippen molar-refractivity contribution in [3.63, 3.8) is 0 Å². The topological polar surface area (TPSA) is 60.9 Å². The molecule has 0 saturated carbocycles. The van der Waals surface area contributed by atoms with E-state index in [1.54, 1.807) is 9.36 Å². The molecular formula is C17H20N6. The normalized spacial score (nSPS) is 11.5. The summed E-state index contributed by atoms with van der Waals surface area (Å²) in [7, 11) is 0. The Kier molecular flexibility index (Phi) is 4.06. The molecule has 0 aliphatic heterocycles. The summed E-state index contributed by atoms with van der Waals surface area (Å²) in [5.74, 6) is 1.31. The Morgan fingerprint density at radius 3 is 2.43 bits per heavy atom. The predicted octanol–water partition coefficient (Wildman–Crippen LogP) is 2.83. The van der Waals surface area contributed by atoms with Gasteiger partial charge in [0.25, 0.3) is 5.95 Å². The molecule has 0 atom stereocenters. The van der Waals surface area contributed by atoms with Crippen LogP contribution in [0.5, 0.6) is 0 Å². The van der Waals surface area contributed by atoms with Gasteiger partial charge in [-0.25, -0.2) is 4.68 Å². The average Bonchev–Trinajstić information content (AvgIpc) is 3.07. The van der Waals surface area contributed by atoms with Crippen LogP contribution >= 0.6 is 0 Å². The minimum Gasteiger partial charge on any atom is -0.202 e. The van der Waals surface area contributed by atoms with E-state index in [4.69, 9.17) is 0 Å². The molecule has 0 spiro atoms. The van der Waals surface area contributed by atoms with E-state index in [2.05, 4.69) is 51.6 Å². The number of hydrogen-bond donors (Lipinski definition) is 0. The number of aromatic nitrogens is 5. The van der Waals surface area contributed by atoms with Crippen LogP contribution in [0.1, 0.15) is 35.3 Å². The van der Waals surface area contributed by atoms with Crippen molar-refractivity contribution in [2.24, 2.45) is 5.10 Å². The second-order valence-corrected chi connectivity index (χ2v) is 5.54. The molecule has 0 amide bonds. The molecule has 0 saturated heterocycles. The molecule has 0 aliphatic carbocycles. The summed E-state index contributed by atoms with van der Waals surface area (Å²) in [6.07, 6.45) is 2.84. The third kappa shape index (κ3) is 3.06. The van der Waals surface area contributed by atoms with E-state index < -0.39 is 0 Å². The van der Waals surface area contributed by atoms with Crippen LogP contribution in [0.3, 0.4) is 0 Å². The highest BCUT2D eigenvalue weighted by Crippen LogP contribution is 2.11. The van der Waals surface area contributed by atoms with Crippen LogP contribution in [0.15, 0.2) is 35.4 Å². The summed E-state index contributed by atoms with van der Waals surface area (Å²) < 4.78 is 3.46. The molecule has 118 valence electrons. The van der Waals surface area contributed by atoms with Crippen molar-refractivity contribution in [1.82, 2.24) is 24.7 Å². The van der Waals surface area contributed by atoms with Gasteiger partial charge in [-0.15, -0.1) is 10.2 Å². The van der Waals surface area contributed by atoms with E-state index >= 15 is 0 Å². The molecule has 3 rings (SSSR count). The molecule has 0 radical (unpaired) electrons. The Balaban J connectivity index is 1.95.